The van der Waals surface area contributed by atoms with Crippen LogP contribution in [0.25, 0.3) is 11.4 Å². The van der Waals surface area contributed by atoms with Crippen LogP contribution in [0.15, 0.2) is 24.5 Å². The number of aliphatic carboxylic acids is 1. The Labute approximate surface area is 161 Å². The zero-order valence-corrected chi connectivity index (χ0v) is 15.8. The summed E-state index contributed by atoms with van der Waals surface area (Å²) in [6, 6.07) is 4.60. The first-order chi connectivity index (χ1) is 12.8. The number of hydrogen-bond acceptors (Lipinski definition) is 4. The van der Waals surface area contributed by atoms with Crippen LogP contribution in [0.5, 0.6) is 0 Å². The Hall–Kier alpha value is -2.61. The molecule has 5 rings (SSSR count). The number of anilines is 1. The molecule has 2 saturated heterocycles. The molecular weight excluding hydrogens is 370 g/mol. The number of aryl methyl sites for hydroxylation is 1. The maximum absolute atomic E-state index is 12.8. The predicted octanol–water partition coefficient (Wildman–Crippen LogP) is 3.00. The first kappa shape index (κ1) is 17.8. The molecule has 1 aliphatic carbocycles. The number of carboxylic acid groups (broad SMARTS) is 1. The number of fused-ring (bicyclic) bond motifs is 2. The molecule has 142 valence electrons. The van der Waals surface area contributed by atoms with Crippen LogP contribution in [0.1, 0.15) is 26.2 Å². The highest BCUT2D eigenvalue weighted by atomic mass is 35.5. The van der Waals surface area contributed by atoms with E-state index in [0.29, 0.717) is 40.9 Å². The molecule has 9 heteroatoms. The second-order valence-corrected chi connectivity index (χ2v) is 7.88. The fraction of sp³-hybridized carbons (Fsp3) is 0.444. The number of hydrogen-bond donors (Lipinski definition) is 2. The molecule has 3 heterocycles. The highest BCUT2D eigenvalue weighted by Gasteiger charge is 2.63. The molecule has 2 unspecified atom stereocenters. The van der Waals surface area contributed by atoms with Crippen molar-refractivity contribution in [3.63, 3.8) is 0 Å². The quantitative estimate of drug-likeness (QED) is 0.840. The number of aromatic nitrogens is 3. The average Bonchev–Trinajstić information content (AvgIpc) is 3.01. The van der Waals surface area contributed by atoms with E-state index in [-0.39, 0.29) is 6.04 Å². The van der Waals surface area contributed by atoms with Gasteiger partial charge in [-0.1, -0.05) is 18.5 Å². The summed E-state index contributed by atoms with van der Waals surface area (Å²) in [5, 5.41) is 17.2. The van der Waals surface area contributed by atoms with Crippen LogP contribution in [-0.4, -0.2) is 48.4 Å². The molecule has 1 aromatic heterocycles. The van der Waals surface area contributed by atoms with Gasteiger partial charge in [0.15, 0.2) is 5.82 Å². The third-order valence-corrected chi connectivity index (χ3v) is 5.76. The van der Waals surface area contributed by atoms with E-state index in [1.54, 1.807) is 36.3 Å². The number of urea groups is 1. The third-order valence-electron chi connectivity index (χ3n) is 5.44. The molecule has 0 spiro atoms. The fourth-order valence-electron chi connectivity index (χ4n) is 4.37. The van der Waals surface area contributed by atoms with Gasteiger partial charge in [0, 0.05) is 30.8 Å². The van der Waals surface area contributed by atoms with E-state index >= 15 is 0 Å². The normalized spacial score (nSPS) is 26.4. The summed E-state index contributed by atoms with van der Waals surface area (Å²) in [4.78, 5) is 30.4. The number of carbonyl (C=O) groups is 2. The van der Waals surface area contributed by atoms with Crippen molar-refractivity contribution in [3.8, 4) is 11.4 Å². The zero-order chi connectivity index (χ0) is 19.3. The van der Waals surface area contributed by atoms with Crippen LogP contribution in [0.4, 0.5) is 10.5 Å². The molecule has 3 fully saturated rings. The van der Waals surface area contributed by atoms with Crippen LogP contribution in [0.3, 0.4) is 0 Å². The van der Waals surface area contributed by atoms with E-state index < -0.39 is 17.5 Å². The summed E-state index contributed by atoms with van der Waals surface area (Å²) in [5.74, 6) is -0.188. The van der Waals surface area contributed by atoms with Gasteiger partial charge >= 0.3 is 12.0 Å². The molecule has 1 aromatic carbocycles. The highest BCUT2D eigenvalue weighted by Crippen LogP contribution is 2.50. The number of amides is 2. The van der Waals surface area contributed by atoms with Crippen molar-refractivity contribution in [2.45, 2.75) is 37.8 Å². The Kier molecular flexibility index (Phi) is 4.10. The lowest BCUT2D eigenvalue weighted by atomic mass is 9.64. The molecule has 2 N–H and O–H groups in total. The standard InChI is InChI=1S/C18H20ClN5O3/c1-10-5-12-8-18(7-10,16(25)26)24(12)17(27)21-11-3-4-14(19)13(6-11)15-20-9-23(2)22-15/h3-4,6,9-10,12H,5,7-8H2,1-2H3,(H,21,27)(H,25,26)/t10-,12?,18?/m1/s1. The van der Waals surface area contributed by atoms with Crippen molar-refractivity contribution < 1.29 is 14.7 Å². The molecule has 27 heavy (non-hydrogen) atoms. The molecule has 8 nitrogen and oxygen atoms in total. The highest BCUT2D eigenvalue weighted by molar-refractivity contribution is 6.33. The van der Waals surface area contributed by atoms with Gasteiger partial charge in [-0.2, -0.15) is 5.10 Å². The molecule has 2 aromatic rings. The van der Waals surface area contributed by atoms with Crippen molar-refractivity contribution in [3.05, 3.63) is 29.5 Å². The van der Waals surface area contributed by atoms with Gasteiger partial charge in [-0.15, -0.1) is 0 Å². The van der Waals surface area contributed by atoms with E-state index in [2.05, 4.69) is 15.4 Å². The lowest BCUT2D eigenvalue weighted by molar-refractivity contribution is -0.173. The van der Waals surface area contributed by atoms with E-state index in [9.17, 15) is 14.7 Å². The van der Waals surface area contributed by atoms with Gasteiger partial charge in [0.1, 0.15) is 11.9 Å². The summed E-state index contributed by atoms with van der Waals surface area (Å²) < 4.78 is 1.57. The Morgan fingerprint density at radius 2 is 2.15 bits per heavy atom. The van der Waals surface area contributed by atoms with E-state index in [1.807, 2.05) is 6.92 Å². The maximum atomic E-state index is 12.8. The lowest BCUT2D eigenvalue weighted by Gasteiger charge is -2.60. The van der Waals surface area contributed by atoms with Gasteiger partial charge in [-0.3, -0.25) is 4.68 Å². The molecule has 3 aliphatic rings. The van der Waals surface area contributed by atoms with Crippen LogP contribution in [-0.2, 0) is 11.8 Å². The minimum absolute atomic E-state index is 0.0333. The fourth-order valence-corrected chi connectivity index (χ4v) is 4.57. The number of piperidine rings is 1. The summed E-state index contributed by atoms with van der Waals surface area (Å²) >= 11 is 6.25. The maximum Gasteiger partial charge on any atom is 0.329 e. The predicted molar refractivity (Wildman–Crippen MR) is 99.5 cm³/mol. The zero-order valence-electron chi connectivity index (χ0n) is 15.0. The first-order valence-corrected chi connectivity index (χ1v) is 9.17. The Morgan fingerprint density at radius 1 is 1.37 bits per heavy atom. The molecule has 2 aliphatic heterocycles. The minimum atomic E-state index is -1.09. The molecule has 2 bridgehead atoms. The molecule has 3 atom stereocenters. The van der Waals surface area contributed by atoms with E-state index in [0.717, 1.165) is 6.42 Å². The van der Waals surface area contributed by atoms with Crippen LogP contribution in [0, 0.1) is 5.92 Å². The van der Waals surface area contributed by atoms with Gasteiger partial charge in [0.2, 0.25) is 0 Å². The Morgan fingerprint density at radius 3 is 2.81 bits per heavy atom. The second-order valence-electron chi connectivity index (χ2n) is 7.48. The van der Waals surface area contributed by atoms with Crippen molar-refractivity contribution in [1.29, 1.82) is 0 Å². The summed E-state index contributed by atoms with van der Waals surface area (Å²) in [6.45, 7) is 2.03. The number of nitrogens with zero attached hydrogens (tertiary/aromatic N) is 4. The minimum Gasteiger partial charge on any atom is -0.479 e. The largest absolute Gasteiger partial charge is 0.479 e. The van der Waals surface area contributed by atoms with Gasteiger partial charge in [0.05, 0.1) is 5.02 Å². The van der Waals surface area contributed by atoms with Crippen LogP contribution in [0.2, 0.25) is 5.02 Å². The van der Waals surface area contributed by atoms with Crippen LogP contribution < -0.4 is 5.32 Å². The smallest absolute Gasteiger partial charge is 0.329 e. The van der Waals surface area contributed by atoms with E-state index in [4.69, 9.17) is 11.6 Å². The van der Waals surface area contributed by atoms with Gasteiger partial charge in [0.25, 0.3) is 0 Å². The Bertz CT molecular complexity index is 929. The number of carbonyl (C=O) groups excluding carboxylic acids is 1. The number of rotatable bonds is 3. The van der Waals surface area contributed by atoms with Gasteiger partial charge in [-0.25, -0.2) is 14.6 Å². The summed E-state index contributed by atoms with van der Waals surface area (Å²) in [7, 11) is 1.75. The molecular formula is C18H20ClN5O3. The first-order valence-electron chi connectivity index (χ1n) is 8.79. The monoisotopic (exact) mass is 389 g/mol. The summed E-state index contributed by atoms with van der Waals surface area (Å²) in [5.41, 5.74) is 0.0235. The number of benzene rings is 1. The Balaban J connectivity index is 1.58. The lowest BCUT2D eigenvalue weighted by Crippen LogP contribution is -2.75. The third kappa shape index (κ3) is 2.84. The molecule has 0 radical (unpaired) electrons. The molecule has 1 saturated carbocycles. The van der Waals surface area contributed by atoms with Crippen molar-refractivity contribution >= 4 is 29.3 Å². The second kappa shape index (κ2) is 6.23. The summed E-state index contributed by atoms with van der Waals surface area (Å²) in [6.07, 6.45) is 3.39. The molecule has 2 amide bonds. The number of nitrogens with one attached hydrogen (secondary N) is 1. The van der Waals surface area contributed by atoms with Crippen molar-refractivity contribution in [1.82, 2.24) is 19.7 Å². The van der Waals surface area contributed by atoms with Gasteiger partial charge < -0.3 is 15.3 Å². The average molecular weight is 390 g/mol. The SMILES string of the molecule is C[C@@H]1CC2CC(C(=O)O)(C1)N2C(=O)Nc1ccc(Cl)c(-c2ncn(C)n2)c1. The van der Waals surface area contributed by atoms with Crippen LogP contribution >= 0.6 is 11.6 Å². The van der Waals surface area contributed by atoms with E-state index in [1.165, 1.54) is 4.90 Å². The number of carboxylic acids is 1. The topological polar surface area (TPSA) is 100 Å². The van der Waals surface area contributed by atoms with Crippen molar-refractivity contribution in [2.75, 3.05) is 5.32 Å². The van der Waals surface area contributed by atoms with Gasteiger partial charge in [-0.05, 0) is 37.0 Å². The number of halogens is 1. The van der Waals surface area contributed by atoms with Crippen molar-refractivity contribution in [2.24, 2.45) is 13.0 Å².